The second kappa shape index (κ2) is 8.07. The number of methoxy groups -OCH3 is 1. The van der Waals surface area contributed by atoms with Crippen LogP contribution >= 0.6 is 0 Å². The van der Waals surface area contributed by atoms with Crippen molar-refractivity contribution < 1.29 is 14.6 Å². The fourth-order valence-electron chi connectivity index (χ4n) is 2.52. The molecule has 0 aliphatic heterocycles. The molecule has 0 atom stereocenters. The van der Waals surface area contributed by atoms with E-state index in [-0.39, 0.29) is 11.7 Å². The zero-order valence-electron chi connectivity index (χ0n) is 14.4. The van der Waals surface area contributed by atoms with Gasteiger partial charge < -0.3 is 20.5 Å². The standard InChI is InChI=1S/C21H20N2O3/c1-26-18-11-12-20(23-16-7-9-17(24)10-8-16)19(13-18)21(25)22-14-15-5-3-2-4-6-15/h2-13,23-24H,14H2,1H3,(H,22,25). The van der Waals surface area contributed by atoms with Gasteiger partial charge in [-0.1, -0.05) is 30.3 Å². The lowest BCUT2D eigenvalue weighted by atomic mass is 10.1. The van der Waals surface area contributed by atoms with E-state index in [4.69, 9.17) is 4.74 Å². The van der Waals surface area contributed by atoms with Crippen LogP contribution in [-0.4, -0.2) is 18.1 Å². The summed E-state index contributed by atoms with van der Waals surface area (Å²) >= 11 is 0. The molecule has 1 amide bonds. The van der Waals surface area contributed by atoms with Gasteiger partial charge in [0, 0.05) is 12.2 Å². The average molecular weight is 348 g/mol. The number of phenols is 1. The summed E-state index contributed by atoms with van der Waals surface area (Å²) in [5.41, 5.74) is 2.93. The van der Waals surface area contributed by atoms with Gasteiger partial charge in [0.2, 0.25) is 0 Å². The molecule has 0 heterocycles. The lowest BCUT2D eigenvalue weighted by Crippen LogP contribution is -2.23. The number of phenolic OH excluding ortho intramolecular Hbond substituents is 1. The van der Waals surface area contributed by atoms with Crippen LogP contribution in [0.2, 0.25) is 0 Å². The molecular formula is C21H20N2O3. The van der Waals surface area contributed by atoms with Crippen LogP contribution in [0.15, 0.2) is 72.8 Å². The van der Waals surface area contributed by atoms with Gasteiger partial charge in [0.1, 0.15) is 11.5 Å². The SMILES string of the molecule is COc1ccc(Nc2ccc(O)cc2)c(C(=O)NCc2ccccc2)c1. The van der Waals surface area contributed by atoms with Crippen LogP contribution in [0.25, 0.3) is 0 Å². The molecule has 0 unspecified atom stereocenters. The molecule has 3 aromatic carbocycles. The first kappa shape index (κ1) is 17.4. The third kappa shape index (κ3) is 4.33. The van der Waals surface area contributed by atoms with Gasteiger partial charge >= 0.3 is 0 Å². The Hall–Kier alpha value is -3.47. The molecule has 5 heteroatoms. The molecule has 5 nitrogen and oxygen atoms in total. The van der Waals surface area contributed by atoms with E-state index in [1.165, 1.54) is 0 Å². The molecule has 0 radical (unpaired) electrons. The van der Waals surface area contributed by atoms with Gasteiger partial charge in [-0.3, -0.25) is 4.79 Å². The number of ether oxygens (including phenoxy) is 1. The summed E-state index contributed by atoms with van der Waals surface area (Å²) in [5, 5.41) is 15.5. The topological polar surface area (TPSA) is 70.6 Å². The molecule has 0 spiro atoms. The second-order valence-corrected chi connectivity index (χ2v) is 5.75. The van der Waals surface area contributed by atoms with Crippen molar-refractivity contribution in [2.45, 2.75) is 6.54 Å². The van der Waals surface area contributed by atoms with Gasteiger partial charge in [0.25, 0.3) is 5.91 Å². The van der Waals surface area contributed by atoms with Crippen LogP contribution in [-0.2, 0) is 6.54 Å². The first-order valence-corrected chi connectivity index (χ1v) is 8.22. The molecule has 0 fully saturated rings. The summed E-state index contributed by atoms with van der Waals surface area (Å²) in [6.07, 6.45) is 0. The molecule has 0 bridgehead atoms. The van der Waals surface area contributed by atoms with E-state index >= 15 is 0 Å². The molecule has 3 aromatic rings. The van der Waals surface area contributed by atoms with Crippen molar-refractivity contribution in [2.24, 2.45) is 0 Å². The fraction of sp³-hybridized carbons (Fsp3) is 0.0952. The van der Waals surface area contributed by atoms with Crippen molar-refractivity contribution >= 4 is 17.3 Å². The molecule has 0 aliphatic carbocycles. The quantitative estimate of drug-likeness (QED) is 0.587. The van der Waals surface area contributed by atoms with Crippen molar-refractivity contribution in [3.63, 3.8) is 0 Å². The lowest BCUT2D eigenvalue weighted by molar-refractivity contribution is 0.0951. The number of anilines is 2. The second-order valence-electron chi connectivity index (χ2n) is 5.75. The molecule has 26 heavy (non-hydrogen) atoms. The predicted molar refractivity (Wildman–Crippen MR) is 102 cm³/mol. The summed E-state index contributed by atoms with van der Waals surface area (Å²) in [7, 11) is 1.56. The Kier molecular flexibility index (Phi) is 5.39. The molecule has 0 saturated carbocycles. The van der Waals surface area contributed by atoms with Crippen LogP contribution in [0.4, 0.5) is 11.4 Å². The number of hydrogen-bond donors (Lipinski definition) is 3. The van der Waals surface area contributed by atoms with Crippen LogP contribution in [0.1, 0.15) is 15.9 Å². The van der Waals surface area contributed by atoms with Crippen LogP contribution in [0, 0.1) is 0 Å². The van der Waals surface area contributed by atoms with Crippen molar-refractivity contribution in [1.82, 2.24) is 5.32 Å². The normalized spacial score (nSPS) is 10.2. The number of carbonyl (C=O) groups is 1. The number of carbonyl (C=O) groups excluding carboxylic acids is 1. The zero-order chi connectivity index (χ0) is 18.4. The minimum absolute atomic E-state index is 0.186. The van der Waals surface area contributed by atoms with Gasteiger partial charge in [-0.15, -0.1) is 0 Å². The number of rotatable bonds is 6. The van der Waals surface area contributed by atoms with E-state index in [1.54, 1.807) is 49.6 Å². The summed E-state index contributed by atoms with van der Waals surface area (Å²) in [6.45, 7) is 0.440. The van der Waals surface area contributed by atoms with Crippen LogP contribution in [0.3, 0.4) is 0 Å². The highest BCUT2D eigenvalue weighted by Crippen LogP contribution is 2.26. The van der Waals surface area contributed by atoms with E-state index in [1.807, 2.05) is 30.3 Å². The summed E-state index contributed by atoms with van der Waals surface area (Å²) in [5.74, 6) is 0.589. The largest absolute Gasteiger partial charge is 0.508 e. The number of aromatic hydroxyl groups is 1. The Balaban J connectivity index is 1.81. The van der Waals surface area contributed by atoms with E-state index in [2.05, 4.69) is 10.6 Å². The highest BCUT2D eigenvalue weighted by molar-refractivity contribution is 6.00. The average Bonchev–Trinajstić information content (AvgIpc) is 2.69. The molecule has 0 saturated heterocycles. The van der Waals surface area contributed by atoms with Crippen molar-refractivity contribution in [1.29, 1.82) is 0 Å². The maximum Gasteiger partial charge on any atom is 0.253 e. The monoisotopic (exact) mass is 348 g/mol. The van der Waals surface area contributed by atoms with E-state index < -0.39 is 0 Å². The zero-order valence-corrected chi connectivity index (χ0v) is 14.4. The van der Waals surface area contributed by atoms with Gasteiger partial charge in [-0.2, -0.15) is 0 Å². The Bertz CT molecular complexity index is 878. The number of hydrogen-bond acceptors (Lipinski definition) is 4. The molecule has 3 N–H and O–H groups in total. The number of nitrogens with one attached hydrogen (secondary N) is 2. The summed E-state index contributed by atoms with van der Waals surface area (Å²) in [4.78, 5) is 12.7. The molecule has 3 rings (SSSR count). The maximum atomic E-state index is 12.7. The maximum absolute atomic E-state index is 12.7. The van der Waals surface area contributed by atoms with E-state index in [0.717, 1.165) is 11.3 Å². The minimum Gasteiger partial charge on any atom is -0.508 e. The van der Waals surface area contributed by atoms with Crippen molar-refractivity contribution in [2.75, 3.05) is 12.4 Å². The Morgan fingerprint density at radius 3 is 2.42 bits per heavy atom. The van der Waals surface area contributed by atoms with E-state index in [0.29, 0.717) is 23.5 Å². The summed E-state index contributed by atoms with van der Waals surface area (Å²) < 4.78 is 5.25. The molecule has 0 aromatic heterocycles. The summed E-state index contributed by atoms with van der Waals surface area (Å²) in [6, 6.07) is 21.7. The third-order valence-corrected chi connectivity index (χ3v) is 3.91. The first-order chi connectivity index (χ1) is 12.7. The molecule has 0 aliphatic rings. The Morgan fingerprint density at radius 2 is 1.73 bits per heavy atom. The van der Waals surface area contributed by atoms with Gasteiger partial charge in [-0.25, -0.2) is 0 Å². The van der Waals surface area contributed by atoms with Crippen LogP contribution in [0.5, 0.6) is 11.5 Å². The van der Waals surface area contributed by atoms with Crippen molar-refractivity contribution in [3.05, 3.63) is 83.9 Å². The van der Waals surface area contributed by atoms with Gasteiger partial charge in [0.15, 0.2) is 0 Å². The number of benzene rings is 3. The van der Waals surface area contributed by atoms with E-state index in [9.17, 15) is 9.90 Å². The smallest absolute Gasteiger partial charge is 0.253 e. The predicted octanol–water partition coefficient (Wildman–Crippen LogP) is 4.07. The Labute approximate surface area is 152 Å². The number of amides is 1. The fourth-order valence-corrected chi connectivity index (χ4v) is 2.52. The highest BCUT2D eigenvalue weighted by atomic mass is 16.5. The lowest BCUT2D eigenvalue weighted by Gasteiger charge is -2.14. The first-order valence-electron chi connectivity index (χ1n) is 8.22. The highest BCUT2D eigenvalue weighted by Gasteiger charge is 2.13. The molecule has 132 valence electrons. The van der Waals surface area contributed by atoms with Crippen LogP contribution < -0.4 is 15.4 Å². The third-order valence-electron chi connectivity index (χ3n) is 3.91. The van der Waals surface area contributed by atoms with Gasteiger partial charge in [0.05, 0.1) is 18.4 Å². The van der Waals surface area contributed by atoms with Crippen molar-refractivity contribution in [3.8, 4) is 11.5 Å². The van der Waals surface area contributed by atoms with Gasteiger partial charge in [-0.05, 0) is 48.0 Å². The minimum atomic E-state index is -0.200. The Morgan fingerprint density at radius 1 is 1.00 bits per heavy atom. The molecular weight excluding hydrogens is 328 g/mol.